The number of aromatic hydroxyl groups is 1. The van der Waals surface area contributed by atoms with Crippen LogP contribution in [0.1, 0.15) is 5.56 Å². The number of phenolic OH excluding ortho intramolecular Hbond substituents is 1. The average Bonchev–Trinajstić information content (AvgIpc) is 2.19. The van der Waals surface area contributed by atoms with Crippen LogP contribution in [0.15, 0.2) is 23.8 Å². The number of rotatable bonds is 2. The summed E-state index contributed by atoms with van der Waals surface area (Å²) in [5.41, 5.74) is 0.0495. The van der Waals surface area contributed by atoms with E-state index in [0.29, 0.717) is 5.56 Å². The highest BCUT2D eigenvalue weighted by molar-refractivity contribution is 6.32. The van der Waals surface area contributed by atoms with Crippen LogP contribution in [0.3, 0.4) is 0 Å². The summed E-state index contributed by atoms with van der Waals surface area (Å²) < 4.78 is 0. The number of nitriles is 1. The van der Waals surface area contributed by atoms with Gasteiger partial charge in [0, 0.05) is 0 Å². The lowest BCUT2D eigenvalue weighted by Gasteiger charge is -1.98. The Balaban J connectivity index is 3.14. The number of hydrogen-bond donors (Lipinski definition) is 2. The van der Waals surface area contributed by atoms with Crippen LogP contribution in [-0.2, 0) is 4.79 Å². The molecule has 0 aliphatic rings. The molecular weight excluding hydrogens is 218 g/mol. The molecule has 2 N–H and O–H groups in total. The Bertz CT molecular complexity index is 474. The summed E-state index contributed by atoms with van der Waals surface area (Å²) in [5.74, 6) is -1.40. The Hall–Kier alpha value is -1.99. The van der Waals surface area contributed by atoms with Gasteiger partial charge in [0.1, 0.15) is 17.4 Å². The van der Waals surface area contributed by atoms with Crippen molar-refractivity contribution in [3.8, 4) is 11.8 Å². The maximum absolute atomic E-state index is 10.5. The normalized spacial score (nSPS) is 10.8. The zero-order chi connectivity index (χ0) is 11.4. The molecule has 0 aromatic heterocycles. The second-order valence-electron chi connectivity index (χ2n) is 2.69. The van der Waals surface area contributed by atoms with Crippen molar-refractivity contribution in [2.45, 2.75) is 0 Å². The first-order chi connectivity index (χ1) is 7.04. The Morgan fingerprint density at radius 2 is 2.20 bits per heavy atom. The fourth-order valence-corrected chi connectivity index (χ4v) is 1.11. The van der Waals surface area contributed by atoms with Crippen LogP contribution in [0.25, 0.3) is 6.08 Å². The summed E-state index contributed by atoms with van der Waals surface area (Å²) in [7, 11) is 0. The van der Waals surface area contributed by atoms with E-state index in [-0.39, 0.29) is 10.8 Å². The van der Waals surface area contributed by atoms with Crippen molar-refractivity contribution in [2.75, 3.05) is 0 Å². The predicted molar refractivity (Wildman–Crippen MR) is 54.3 cm³/mol. The lowest BCUT2D eigenvalue weighted by Crippen LogP contribution is -1.97. The number of halogens is 1. The molecule has 0 saturated carbocycles. The van der Waals surface area contributed by atoms with Gasteiger partial charge in [0.25, 0.3) is 0 Å². The maximum atomic E-state index is 10.5. The van der Waals surface area contributed by atoms with Crippen molar-refractivity contribution in [2.24, 2.45) is 0 Å². The summed E-state index contributed by atoms with van der Waals surface area (Å²) in [6, 6.07) is 5.70. The molecule has 0 heterocycles. The van der Waals surface area contributed by atoms with Crippen molar-refractivity contribution in [3.63, 3.8) is 0 Å². The van der Waals surface area contributed by atoms with Gasteiger partial charge in [-0.2, -0.15) is 5.26 Å². The second-order valence-corrected chi connectivity index (χ2v) is 3.09. The number of nitrogens with zero attached hydrogens (tertiary/aromatic N) is 1. The molecule has 5 heteroatoms. The number of phenols is 1. The van der Waals surface area contributed by atoms with Gasteiger partial charge in [0.15, 0.2) is 0 Å². The molecule has 1 rings (SSSR count). The first kappa shape index (κ1) is 11.1. The van der Waals surface area contributed by atoms with Gasteiger partial charge in [-0.1, -0.05) is 17.7 Å². The summed E-state index contributed by atoms with van der Waals surface area (Å²) >= 11 is 5.61. The van der Waals surface area contributed by atoms with Crippen LogP contribution >= 0.6 is 11.6 Å². The number of carboxylic acid groups (broad SMARTS) is 1. The highest BCUT2D eigenvalue weighted by Gasteiger charge is 2.06. The number of hydrogen-bond acceptors (Lipinski definition) is 3. The SMILES string of the molecule is N#C/C(=C/c1ccc(O)c(Cl)c1)C(=O)O. The third kappa shape index (κ3) is 2.73. The van der Waals surface area contributed by atoms with Crippen molar-refractivity contribution >= 4 is 23.6 Å². The van der Waals surface area contributed by atoms with Crippen LogP contribution in [0, 0.1) is 11.3 Å². The van der Waals surface area contributed by atoms with E-state index >= 15 is 0 Å². The molecule has 76 valence electrons. The van der Waals surface area contributed by atoms with Crippen molar-refractivity contribution in [3.05, 3.63) is 34.4 Å². The van der Waals surface area contributed by atoms with Crippen LogP contribution in [0.4, 0.5) is 0 Å². The molecule has 1 aromatic rings. The largest absolute Gasteiger partial charge is 0.506 e. The standard InChI is InChI=1S/C10H6ClNO3/c11-8-4-6(1-2-9(8)13)3-7(5-12)10(14)15/h1-4,13H,(H,14,15)/b7-3-. The molecule has 0 aliphatic carbocycles. The molecule has 0 bridgehead atoms. The third-order valence-corrected chi connectivity index (χ3v) is 1.94. The van der Waals surface area contributed by atoms with Gasteiger partial charge in [0.05, 0.1) is 5.02 Å². The lowest BCUT2D eigenvalue weighted by molar-refractivity contribution is -0.132. The van der Waals surface area contributed by atoms with Crippen LogP contribution in [0.5, 0.6) is 5.75 Å². The fraction of sp³-hybridized carbons (Fsp3) is 0. The van der Waals surface area contributed by atoms with E-state index in [1.54, 1.807) is 6.07 Å². The molecule has 0 radical (unpaired) electrons. The van der Waals surface area contributed by atoms with Gasteiger partial charge < -0.3 is 10.2 Å². The Labute approximate surface area is 90.6 Å². The van der Waals surface area contributed by atoms with E-state index in [0.717, 1.165) is 0 Å². The van der Waals surface area contributed by atoms with Crippen LogP contribution < -0.4 is 0 Å². The molecule has 1 aromatic carbocycles. The fourth-order valence-electron chi connectivity index (χ4n) is 0.921. The molecule has 0 aliphatic heterocycles. The molecule has 15 heavy (non-hydrogen) atoms. The van der Waals surface area contributed by atoms with Gasteiger partial charge in [-0.05, 0) is 23.8 Å². The van der Waals surface area contributed by atoms with E-state index in [4.69, 9.17) is 27.1 Å². The van der Waals surface area contributed by atoms with Gasteiger partial charge in [-0.3, -0.25) is 0 Å². The summed E-state index contributed by atoms with van der Waals surface area (Å²) in [6.45, 7) is 0. The molecule has 0 amide bonds. The monoisotopic (exact) mass is 223 g/mol. The summed E-state index contributed by atoms with van der Waals surface area (Å²) in [6.07, 6.45) is 1.17. The third-order valence-electron chi connectivity index (χ3n) is 1.63. The number of carbonyl (C=O) groups is 1. The summed E-state index contributed by atoms with van der Waals surface area (Å²) in [4.78, 5) is 10.5. The first-order valence-corrected chi connectivity index (χ1v) is 4.26. The van der Waals surface area contributed by atoms with E-state index in [9.17, 15) is 4.79 Å². The van der Waals surface area contributed by atoms with Crippen LogP contribution in [0.2, 0.25) is 5.02 Å². The molecule has 0 atom stereocenters. The maximum Gasteiger partial charge on any atom is 0.346 e. The number of benzene rings is 1. The quantitative estimate of drug-likeness (QED) is 0.594. The minimum atomic E-state index is -1.30. The Morgan fingerprint density at radius 1 is 1.53 bits per heavy atom. The number of aliphatic carboxylic acids is 1. The highest BCUT2D eigenvalue weighted by Crippen LogP contribution is 2.24. The Morgan fingerprint density at radius 3 is 2.67 bits per heavy atom. The minimum absolute atomic E-state index is 0.0948. The highest BCUT2D eigenvalue weighted by atomic mass is 35.5. The van der Waals surface area contributed by atoms with E-state index in [2.05, 4.69) is 0 Å². The zero-order valence-electron chi connectivity index (χ0n) is 7.44. The molecule has 0 unspecified atom stereocenters. The van der Waals surface area contributed by atoms with Gasteiger partial charge in [0.2, 0.25) is 0 Å². The lowest BCUT2D eigenvalue weighted by atomic mass is 10.1. The smallest absolute Gasteiger partial charge is 0.346 e. The second kappa shape index (κ2) is 4.49. The minimum Gasteiger partial charge on any atom is -0.506 e. The molecule has 4 nitrogen and oxygen atoms in total. The average molecular weight is 224 g/mol. The van der Waals surface area contributed by atoms with Crippen LogP contribution in [-0.4, -0.2) is 16.2 Å². The van der Waals surface area contributed by atoms with Gasteiger partial charge in [-0.15, -0.1) is 0 Å². The van der Waals surface area contributed by atoms with E-state index in [1.807, 2.05) is 0 Å². The van der Waals surface area contributed by atoms with Gasteiger partial charge >= 0.3 is 5.97 Å². The zero-order valence-corrected chi connectivity index (χ0v) is 8.19. The van der Waals surface area contributed by atoms with Crippen molar-refractivity contribution in [1.29, 1.82) is 5.26 Å². The van der Waals surface area contributed by atoms with Gasteiger partial charge in [-0.25, -0.2) is 4.79 Å². The van der Waals surface area contributed by atoms with Crippen molar-refractivity contribution in [1.82, 2.24) is 0 Å². The first-order valence-electron chi connectivity index (χ1n) is 3.88. The molecule has 0 fully saturated rings. The van der Waals surface area contributed by atoms with Crippen molar-refractivity contribution < 1.29 is 15.0 Å². The van der Waals surface area contributed by atoms with E-state index < -0.39 is 11.5 Å². The summed E-state index contributed by atoms with van der Waals surface area (Å²) in [5, 5.41) is 26.3. The Kier molecular flexibility index (Phi) is 3.32. The van der Waals surface area contributed by atoms with E-state index in [1.165, 1.54) is 24.3 Å². The molecular formula is C10H6ClNO3. The molecule has 0 spiro atoms. The molecule has 0 saturated heterocycles. The predicted octanol–water partition coefficient (Wildman–Crippen LogP) is 2.04. The number of carboxylic acids is 1. The topological polar surface area (TPSA) is 81.3 Å².